The number of nitro benzene ring substituents is 1. The number of carbonyl (C=O) groups is 2. The maximum Gasteiger partial charge on any atom is 0.323 e. The zero-order chi connectivity index (χ0) is 27.9. The number of nitro groups is 1. The number of anilines is 1. The lowest BCUT2D eigenvalue weighted by Crippen LogP contribution is -2.48. The molecule has 14 nitrogen and oxygen atoms in total. The maximum absolute atomic E-state index is 12.8. The van der Waals surface area contributed by atoms with Crippen molar-refractivity contribution in [2.24, 2.45) is 16.5 Å². The summed E-state index contributed by atoms with van der Waals surface area (Å²) in [6, 6.07) is 13.3. The normalized spacial score (nSPS) is 11.9. The van der Waals surface area contributed by atoms with E-state index < -0.39 is 45.1 Å². The summed E-state index contributed by atoms with van der Waals surface area (Å²) in [7, 11) is -4.25. The molecule has 0 bridgehead atoms. The van der Waals surface area contributed by atoms with Gasteiger partial charge in [0, 0.05) is 24.7 Å². The first-order valence-corrected chi connectivity index (χ1v) is 12.6. The van der Waals surface area contributed by atoms with Crippen LogP contribution in [0.15, 0.2) is 70.6 Å². The quantitative estimate of drug-likeness (QED) is 0.0611. The molecule has 0 aromatic heterocycles. The molecule has 3 rings (SSSR count). The molecule has 38 heavy (non-hydrogen) atoms. The van der Waals surface area contributed by atoms with Gasteiger partial charge in [-0.25, -0.2) is 8.42 Å². The molecule has 0 aliphatic rings. The van der Waals surface area contributed by atoms with Crippen LogP contribution in [0.4, 0.5) is 11.4 Å². The van der Waals surface area contributed by atoms with Crippen molar-refractivity contribution in [1.82, 2.24) is 10.0 Å². The summed E-state index contributed by atoms with van der Waals surface area (Å²) in [5.74, 6) is -2.50. The van der Waals surface area contributed by atoms with Gasteiger partial charge >= 0.3 is 5.97 Å². The number of hydrogen-bond donors (Lipinski definition) is 6. The van der Waals surface area contributed by atoms with Gasteiger partial charge in [0.25, 0.3) is 11.6 Å². The Balaban J connectivity index is 1.70. The fourth-order valence-electron chi connectivity index (χ4n) is 3.42. The number of sulfonamides is 1. The van der Waals surface area contributed by atoms with E-state index in [4.69, 9.17) is 11.5 Å². The first-order chi connectivity index (χ1) is 18.0. The third kappa shape index (κ3) is 7.14. The van der Waals surface area contributed by atoms with Gasteiger partial charge in [-0.1, -0.05) is 30.3 Å². The Hall–Kier alpha value is -4.76. The first kappa shape index (κ1) is 27.8. The third-order valence-electron chi connectivity index (χ3n) is 5.27. The number of nitrogens with zero attached hydrogens (tertiary/aromatic N) is 2. The van der Waals surface area contributed by atoms with E-state index in [2.05, 4.69) is 20.3 Å². The predicted octanol–water partition coefficient (Wildman–Crippen LogP) is 0.595. The summed E-state index contributed by atoms with van der Waals surface area (Å²) in [6.07, 6.45) is 0. The van der Waals surface area contributed by atoms with E-state index in [0.717, 1.165) is 11.5 Å². The lowest BCUT2D eigenvalue weighted by molar-refractivity contribution is -0.384. The van der Waals surface area contributed by atoms with Crippen LogP contribution in [0.25, 0.3) is 10.8 Å². The Bertz CT molecular complexity index is 1500. The van der Waals surface area contributed by atoms with Crippen LogP contribution in [0.2, 0.25) is 0 Å². The van der Waals surface area contributed by atoms with Gasteiger partial charge in [-0.15, -0.1) is 0 Å². The minimum atomic E-state index is -4.25. The number of benzene rings is 3. The van der Waals surface area contributed by atoms with E-state index in [1.165, 1.54) is 24.3 Å². The molecule has 1 atom stereocenters. The van der Waals surface area contributed by atoms with E-state index in [1.54, 1.807) is 30.3 Å². The van der Waals surface area contributed by atoms with Crippen LogP contribution >= 0.6 is 0 Å². The summed E-state index contributed by atoms with van der Waals surface area (Å²) in [5, 5.41) is 27.5. The van der Waals surface area contributed by atoms with Crippen molar-refractivity contribution in [3.05, 3.63) is 76.3 Å². The molecule has 0 aliphatic heterocycles. The number of hydrogen-bond acceptors (Lipinski definition) is 8. The second-order valence-corrected chi connectivity index (χ2v) is 9.67. The Morgan fingerprint density at radius 2 is 1.76 bits per heavy atom. The molecular weight excluding hydrogens is 518 g/mol. The van der Waals surface area contributed by atoms with Crippen molar-refractivity contribution in [2.75, 3.05) is 25.0 Å². The van der Waals surface area contributed by atoms with Gasteiger partial charge in [-0.2, -0.15) is 4.72 Å². The van der Waals surface area contributed by atoms with Gasteiger partial charge in [0.2, 0.25) is 10.0 Å². The van der Waals surface area contributed by atoms with Crippen molar-refractivity contribution in [3.8, 4) is 0 Å². The zero-order valence-electron chi connectivity index (χ0n) is 19.8. The molecule has 8 N–H and O–H groups in total. The molecule has 0 fully saturated rings. The molecule has 15 heteroatoms. The van der Waals surface area contributed by atoms with Crippen molar-refractivity contribution >= 4 is 50.0 Å². The average molecular weight is 544 g/mol. The van der Waals surface area contributed by atoms with Gasteiger partial charge in [-0.3, -0.25) is 24.7 Å². The SMILES string of the molecule is NC(N)=NCCNc1ccc(C(=O)NC[C@H](NS(=O)(=O)c2ccc3ccccc3c2)C(=O)O)cc1[N+](=O)[O-]. The summed E-state index contributed by atoms with van der Waals surface area (Å²) < 4.78 is 27.7. The van der Waals surface area contributed by atoms with Gasteiger partial charge in [0.05, 0.1) is 16.4 Å². The number of rotatable bonds is 12. The van der Waals surface area contributed by atoms with Gasteiger partial charge in [0.1, 0.15) is 11.7 Å². The molecule has 0 radical (unpaired) electrons. The standard InChI is InChI=1S/C23H25N7O7S/c24-23(25)27-10-9-26-18-8-6-16(12-20(18)30(34)35)21(31)28-13-19(22(32)33)29-38(36,37)17-7-5-14-3-1-2-4-15(14)11-17/h1-8,11-12,19,26,29H,9-10,13H2,(H,28,31)(H,32,33)(H4,24,25,27)/t19-/m0/s1. The number of amides is 1. The van der Waals surface area contributed by atoms with Crippen LogP contribution in [0.3, 0.4) is 0 Å². The number of nitrogens with one attached hydrogen (secondary N) is 3. The highest BCUT2D eigenvalue weighted by atomic mass is 32.2. The van der Waals surface area contributed by atoms with Gasteiger partial charge in [0.15, 0.2) is 5.96 Å². The highest BCUT2D eigenvalue weighted by Crippen LogP contribution is 2.25. The summed E-state index contributed by atoms with van der Waals surface area (Å²) in [5.41, 5.74) is 10.0. The summed E-state index contributed by atoms with van der Waals surface area (Å²) >= 11 is 0. The van der Waals surface area contributed by atoms with E-state index in [-0.39, 0.29) is 35.2 Å². The predicted molar refractivity (Wildman–Crippen MR) is 140 cm³/mol. The summed E-state index contributed by atoms with van der Waals surface area (Å²) in [4.78, 5) is 38.7. The van der Waals surface area contributed by atoms with Crippen molar-refractivity contribution < 1.29 is 28.0 Å². The van der Waals surface area contributed by atoms with Crippen LogP contribution in [0.1, 0.15) is 10.4 Å². The van der Waals surface area contributed by atoms with Crippen LogP contribution in [0.5, 0.6) is 0 Å². The lowest BCUT2D eigenvalue weighted by Gasteiger charge is -2.16. The van der Waals surface area contributed by atoms with E-state index in [0.29, 0.717) is 5.39 Å². The minimum absolute atomic E-state index is 0.115. The zero-order valence-corrected chi connectivity index (χ0v) is 20.6. The number of nitrogens with two attached hydrogens (primary N) is 2. The molecule has 0 spiro atoms. The Morgan fingerprint density at radius 1 is 1.05 bits per heavy atom. The molecule has 0 unspecified atom stereocenters. The molecule has 0 aliphatic carbocycles. The Morgan fingerprint density at radius 3 is 2.42 bits per heavy atom. The molecule has 0 saturated heterocycles. The maximum atomic E-state index is 12.8. The number of carboxylic acids is 1. The molecular formula is C23H25N7O7S. The van der Waals surface area contributed by atoms with Crippen LogP contribution in [-0.4, -0.2) is 62.0 Å². The van der Waals surface area contributed by atoms with Gasteiger partial charge in [-0.05, 0) is 35.0 Å². The molecule has 3 aromatic carbocycles. The third-order valence-corrected chi connectivity index (χ3v) is 6.74. The number of aliphatic imine (C=N–C) groups is 1. The van der Waals surface area contributed by atoms with Crippen LogP contribution in [0, 0.1) is 10.1 Å². The van der Waals surface area contributed by atoms with Crippen molar-refractivity contribution in [1.29, 1.82) is 0 Å². The molecule has 0 heterocycles. The fourth-order valence-corrected chi connectivity index (χ4v) is 4.64. The number of guanidine groups is 1. The monoisotopic (exact) mass is 543 g/mol. The van der Waals surface area contributed by atoms with Crippen LogP contribution < -0.4 is 26.8 Å². The molecule has 1 amide bonds. The second-order valence-electron chi connectivity index (χ2n) is 7.95. The molecule has 0 saturated carbocycles. The largest absolute Gasteiger partial charge is 0.480 e. The number of aliphatic carboxylic acids is 1. The number of carboxylic acid groups (broad SMARTS) is 1. The lowest BCUT2D eigenvalue weighted by atomic mass is 10.1. The van der Waals surface area contributed by atoms with Crippen molar-refractivity contribution in [3.63, 3.8) is 0 Å². The first-order valence-electron chi connectivity index (χ1n) is 11.1. The number of fused-ring (bicyclic) bond motifs is 1. The van der Waals surface area contributed by atoms with Crippen LogP contribution in [-0.2, 0) is 14.8 Å². The minimum Gasteiger partial charge on any atom is -0.480 e. The average Bonchev–Trinajstić information content (AvgIpc) is 2.88. The highest BCUT2D eigenvalue weighted by molar-refractivity contribution is 7.89. The van der Waals surface area contributed by atoms with E-state index >= 15 is 0 Å². The topological polar surface area (TPSA) is 232 Å². The molecule has 3 aromatic rings. The van der Waals surface area contributed by atoms with Crippen molar-refractivity contribution in [2.45, 2.75) is 10.9 Å². The highest BCUT2D eigenvalue weighted by Gasteiger charge is 2.27. The number of carbonyl (C=O) groups excluding carboxylic acids is 1. The second kappa shape index (κ2) is 12.0. The molecule has 200 valence electrons. The summed E-state index contributed by atoms with van der Waals surface area (Å²) in [6.45, 7) is -0.275. The van der Waals surface area contributed by atoms with Gasteiger partial charge < -0.3 is 27.2 Å². The van der Waals surface area contributed by atoms with E-state index in [1.807, 2.05) is 0 Å². The Labute approximate surface area is 216 Å². The Kier molecular flexibility index (Phi) is 8.77. The fraction of sp³-hybridized carbons (Fsp3) is 0.174. The van der Waals surface area contributed by atoms with E-state index in [9.17, 15) is 33.2 Å². The smallest absolute Gasteiger partial charge is 0.323 e.